The van der Waals surface area contributed by atoms with E-state index in [0.717, 1.165) is 13.0 Å². The molecule has 0 atom stereocenters. The fourth-order valence-corrected chi connectivity index (χ4v) is 1.78. The van der Waals surface area contributed by atoms with Crippen LogP contribution >= 0.6 is 0 Å². The quantitative estimate of drug-likeness (QED) is 0.428. The summed E-state index contributed by atoms with van der Waals surface area (Å²) in [7, 11) is 0. The van der Waals surface area contributed by atoms with Crippen LogP contribution in [-0.4, -0.2) is 12.7 Å². The second kappa shape index (κ2) is 8.72. The van der Waals surface area contributed by atoms with Crippen molar-refractivity contribution in [3.63, 3.8) is 0 Å². The average Bonchev–Trinajstić information content (AvgIpc) is 2.29. The topological polar surface area (TPSA) is 9.23 Å². The second-order valence-electron chi connectivity index (χ2n) is 4.20. The van der Waals surface area contributed by atoms with Gasteiger partial charge in [0, 0.05) is 6.61 Å². The van der Waals surface area contributed by atoms with Crippen molar-refractivity contribution >= 4 is 0 Å². The molecule has 0 radical (unpaired) electrons. The lowest BCUT2D eigenvalue weighted by Gasteiger charge is -2.12. The fourth-order valence-electron chi connectivity index (χ4n) is 1.78. The first-order valence-electron chi connectivity index (χ1n) is 6.38. The summed E-state index contributed by atoms with van der Waals surface area (Å²) in [6.45, 7) is 3.16. The molecule has 1 aliphatic rings. The Kier molecular flexibility index (Phi) is 7.28. The van der Waals surface area contributed by atoms with Crippen LogP contribution in [-0.2, 0) is 4.74 Å². The molecule has 1 heteroatoms. The number of hydrogen-bond donors (Lipinski definition) is 0. The second-order valence-corrected chi connectivity index (χ2v) is 4.20. The molecule has 0 saturated carbocycles. The summed E-state index contributed by atoms with van der Waals surface area (Å²) < 4.78 is 5.72. The van der Waals surface area contributed by atoms with Gasteiger partial charge in [-0.15, -0.1) is 0 Å². The van der Waals surface area contributed by atoms with Gasteiger partial charge in [0.25, 0.3) is 0 Å². The van der Waals surface area contributed by atoms with Crippen LogP contribution in [0.2, 0.25) is 0 Å². The molecule has 0 aliphatic heterocycles. The highest BCUT2D eigenvalue weighted by molar-refractivity contribution is 5.10. The van der Waals surface area contributed by atoms with E-state index >= 15 is 0 Å². The summed E-state index contributed by atoms with van der Waals surface area (Å²) in [6, 6.07) is 0. The summed E-state index contributed by atoms with van der Waals surface area (Å²) in [5.41, 5.74) is 0. The van der Waals surface area contributed by atoms with E-state index in [2.05, 4.69) is 31.2 Å². The van der Waals surface area contributed by atoms with E-state index < -0.39 is 0 Å². The lowest BCUT2D eigenvalue weighted by Crippen LogP contribution is -2.09. The van der Waals surface area contributed by atoms with Crippen molar-refractivity contribution in [1.82, 2.24) is 0 Å². The molecular weight excluding hydrogens is 184 g/mol. The van der Waals surface area contributed by atoms with E-state index in [9.17, 15) is 0 Å². The van der Waals surface area contributed by atoms with Crippen LogP contribution in [0.25, 0.3) is 0 Å². The molecule has 0 spiro atoms. The molecule has 0 saturated heterocycles. The maximum Gasteiger partial charge on any atom is 0.0937 e. The first kappa shape index (κ1) is 12.5. The first-order valence-corrected chi connectivity index (χ1v) is 6.38. The van der Waals surface area contributed by atoms with Crippen molar-refractivity contribution in [3.05, 3.63) is 24.3 Å². The van der Waals surface area contributed by atoms with Crippen LogP contribution < -0.4 is 0 Å². The zero-order valence-corrected chi connectivity index (χ0v) is 9.95. The van der Waals surface area contributed by atoms with Crippen molar-refractivity contribution in [1.29, 1.82) is 0 Å². The number of hydrogen-bond acceptors (Lipinski definition) is 1. The number of allylic oxidation sites excluding steroid dienone is 2. The largest absolute Gasteiger partial charge is 0.370 e. The molecule has 0 amide bonds. The molecule has 0 fully saturated rings. The molecular formula is C14H24O. The summed E-state index contributed by atoms with van der Waals surface area (Å²) in [5.74, 6) is 0. The average molecular weight is 208 g/mol. The van der Waals surface area contributed by atoms with Crippen molar-refractivity contribution < 1.29 is 4.74 Å². The van der Waals surface area contributed by atoms with Gasteiger partial charge in [0.1, 0.15) is 0 Å². The SMILES string of the molecule is CCCCCCCCOC1C=CCC=C1. The van der Waals surface area contributed by atoms with Gasteiger partial charge in [0.15, 0.2) is 0 Å². The number of unbranched alkanes of at least 4 members (excludes halogenated alkanes) is 5. The molecule has 0 unspecified atom stereocenters. The third-order valence-corrected chi connectivity index (χ3v) is 2.73. The number of ether oxygens (including phenoxy) is 1. The van der Waals surface area contributed by atoms with Crippen LogP contribution in [0, 0.1) is 0 Å². The van der Waals surface area contributed by atoms with Crippen molar-refractivity contribution in [2.45, 2.75) is 58.0 Å². The van der Waals surface area contributed by atoms with E-state index in [1.807, 2.05) is 0 Å². The normalized spacial score (nSPS) is 16.1. The lowest BCUT2D eigenvalue weighted by molar-refractivity contribution is 0.110. The Labute approximate surface area is 94.2 Å². The van der Waals surface area contributed by atoms with Crippen LogP contribution in [0.5, 0.6) is 0 Å². The smallest absolute Gasteiger partial charge is 0.0937 e. The summed E-state index contributed by atoms with van der Waals surface area (Å²) in [6.07, 6.45) is 18.0. The summed E-state index contributed by atoms with van der Waals surface area (Å²) in [4.78, 5) is 0. The van der Waals surface area contributed by atoms with Gasteiger partial charge in [-0.2, -0.15) is 0 Å². The van der Waals surface area contributed by atoms with Gasteiger partial charge in [-0.05, 0) is 12.8 Å². The van der Waals surface area contributed by atoms with Crippen molar-refractivity contribution in [2.24, 2.45) is 0 Å². The van der Waals surface area contributed by atoms with E-state index in [0.29, 0.717) is 0 Å². The Hall–Kier alpha value is -0.560. The lowest BCUT2D eigenvalue weighted by atomic mass is 10.1. The standard InChI is InChI=1S/C14H24O/c1-2-3-4-5-6-10-13-15-14-11-8-7-9-12-14/h8-9,11-12,14H,2-7,10,13H2,1H3. The zero-order valence-electron chi connectivity index (χ0n) is 9.95. The molecule has 0 aromatic heterocycles. The zero-order chi connectivity index (χ0) is 10.8. The highest BCUT2D eigenvalue weighted by atomic mass is 16.5. The van der Waals surface area contributed by atoms with Crippen LogP contribution in [0.4, 0.5) is 0 Å². The molecule has 1 nitrogen and oxygen atoms in total. The molecule has 0 bridgehead atoms. The van der Waals surface area contributed by atoms with E-state index in [-0.39, 0.29) is 6.10 Å². The monoisotopic (exact) mass is 208 g/mol. The van der Waals surface area contributed by atoms with Crippen molar-refractivity contribution in [3.8, 4) is 0 Å². The molecule has 0 N–H and O–H groups in total. The highest BCUT2D eigenvalue weighted by Crippen LogP contribution is 2.08. The Bertz CT molecular complexity index is 182. The van der Waals surface area contributed by atoms with Gasteiger partial charge in [0.2, 0.25) is 0 Å². The Balaban J connectivity index is 1.86. The van der Waals surface area contributed by atoms with Gasteiger partial charge in [0.05, 0.1) is 6.10 Å². The summed E-state index contributed by atoms with van der Waals surface area (Å²) in [5, 5.41) is 0. The van der Waals surface area contributed by atoms with E-state index in [4.69, 9.17) is 4.74 Å². The van der Waals surface area contributed by atoms with Gasteiger partial charge in [-0.3, -0.25) is 0 Å². The predicted octanol–water partition coefficient (Wildman–Crippen LogP) is 4.25. The van der Waals surface area contributed by atoms with Crippen LogP contribution in [0.15, 0.2) is 24.3 Å². The van der Waals surface area contributed by atoms with E-state index in [1.54, 1.807) is 0 Å². The molecule has 86 valence electrons. The van der Waals surface area contributed by atoms with Gasteiger partial charge >= 0.3 is 0 Å². The number of rotatable bonds is 8. The minimum Gasteiger partial charge on any atom is -0.370 e. The third kappa shape index (κ3) is 6.51. The molecule has 0 aromatic rings. The maximum atomic E-state index is 5.72. The fraction of sp³-hybridized carbons (Fsp3) is 0.714. The Morgan fingerprint density at radius 3 is 2.40 bits per heavy atom. The summed E-state index contributed by atoms with van der Waals surface area (Å²) >= 11 is 0. The highest BCUT2D eigenvalue weighted by Gasteiger charge is 2.01. The maximum absolute atomic E-state index is 5.72. The minimum absolute atomic E-state index is 0.245. The van der Waals surface area contributed by atoms with Crippen molar-refractivity contribution in [2.75, 3.05) is 6.61 Å². The van der Waals surface area contributed by atoms with Gasteiger partial charge in [-0.25, -0.2) is 0 Å². The van der Waals surface area contributed by atoms with Gasteiger partial charge < -0.3 is 4.74 Å². The molecule has 0 heterocycles. The molecule has 15 heavy (non-hydrogen) atoms. The predicted molar refractivity (Wildman–Crippen MR) is 66.0 cm³/mol. The Morgan fingerprint density at radius 1 is 1.00 bits per heavy atom. The van der Waals surface area contributed by atoms with E-state index in [1.165, 1.54) is 38.5 Å². The molecule has 1 aliphatic carbocycles. The third-order valence-electron chi connectivity index (χ3n) is 2.73. The first-order chi connectivity index (χ1) is 7.43. The van der Waals surface area contributed by atoms with Crippen LogP contribution in [0.3, 0.4) is 0 Å². The van der Waals surface area contributed by atoms with Crippen LogP contribution in [0.1, 0.15) is 51.9 Å². The molecule has 1 rings (SSSR count). The molecule has 0 aromatic carbocycles. The van der Waals surface area contributed by atoms with Gasteiger partial charge in [-0.1, -0.05) is 63.3 Å². The Morgan fingerprint density at radius 2 is 1.67 bits per heavy atom. The minimum atomic E-state index is 0.245.